The first-order valence-electron chi connectivity index (χ1n) is 10.5. The molecule has 2 aliphatic rings. The third-order valence-electron chi connectivity index (χ3n) is 5.53. The van der Waals surface area contributed by atoms with E-state index in [-0.39, 0.29) is 11.9 Å². The summed E-state index contributed by atoms with van der Waals surface area (Å²) in [4.78, 5) is 29.6. The summed E-state index contributed by atoms with van der Waals surface area (Å²) >= 11 is 2.96. The molecule has 1 amide bonds. The lowest BCUT2D eigenvalue weighted by Gasteiger charge is -2.30. The molecule has 7 heteroatoms. The summed E-state index contributed by atoms with van der Waals surface area (Å²) in [5.74, 6) is 0.0484. The third kappa shape index (κ3) is 4.48. The van der Waals surface area contributed by atoms with E-state index in [4.69, 9.17) is 9.98 Å². The zero-order valence-electron chi connectivity index (χ0n) is 17.0. The molecular formula is C24H22N4OS2. The van der Waals surface area contributed by atoms with E-state index in [9.17, 15) is 4.79 Å². The molecule has 3 heterocycles. The van der Waals surface area contributed by atoms with Crippen LogP contribution in [0, 0.1) is 0 Å². The van der Waals surface area contributed by atoms with E-state index in [2.05, 4.69) is 4.98 Å². The number of benzene rings is 1. The Morgan fingerprint density at radius 2 is 1.81 bits per heavy atom. The number of carbonyl (C=O) groups excluding carboxylic acids is 1. The van der Waals surface area contributed by atoms with Gasteiger partial charge in [-0.15, -0.1) is 11.3 Å². The molecule has 0 N–H and O–H groups in total. The second kappa shape index (κ2) is 9.16. The number of rotatable bonds is 4. The Kier molecular flexibility index (Phi) is 5.95. The molecule has 31 heavy (non-hydrogen) atoms. The fourth-order valence-corrected chi connectivity index (χ4v) is 5.77. The van der Waals surface area contributed by atoms with Gasteiger partial charge in [0.15, 0.2) is 5.17 Å². The first-order chi connectivity index (χ1) is 15.3. The molecule has 1 saturated carbocycles. The predicted octanol–water partition coefficient (Wildman–Crippen LogP) is 6.14. The summed E-state index contributed by atoms with van der Waals surface area (Å²) in [6, 6.07) is 14.1. The SMILES string of the molecule is O=C1/C(=C/c2ccncc2)S/C(=N/c2nc(-c3ccccc3)cs2)N1C1CCCCC1. The fraction of sp³-hybridized carbons (Fsp3) is 0.250. The van der Waals surface area contributed by atoms with Gasteiger partial charge < -0.3 is 0 Å². The number of thioether (sulfide) groups is 1. The van der Waals surface area contributed by atoms with Gasteiger partial charge in [-0.3, -0.25) is 14.7 Å². The van der Waals surface area contributed by atoms with Crippen LogP contribution in [0.15, 0.2) is 70.1 Å². The Morgan fingerprint density at radius 1 is 1.03 bits per heavy atom. The van der Waals surface area contributed by atoms with Gasteiger partial charge in [-0.1, -0.05) is 49.6 Å². The van der Waals surface area contributed by atoms with Crippen LogP contribution in [0.1, 0.15) is 37.7 Å². The molecule has 1 aromatic carbocycles. The zero-order valence-corrected chi connectivity index (χ0v) is 18.6. The maximum atomic E-state index is 13.4. The van der Waals surface area contributed by atoms with Crippen molar-refractivity contribution in [3.05, 3.63) is 70.7 Å². The van der Waals surface area contributed by atoms with Crippen LogP contribution < -0.4 is 0 Å². The van der Waals surface area contributed by atoms with Gasteiger partial charge >= 0.3 is 0 Å². The van der Waals surface area contributed by atoms with Crippen molar-refractivity contribution < 1.29 is 4.79 Å². The second-order valence-corrected chi connectivity index (χ2v) is 9.48. The average Bonchev–Trinajstić information content (AvgIpc) is 3.40. The minimum absolute atomic E-state index is 0.0484. The molecule has 1 saturated heterocycles. The van der Waals surface area contributed by atoms with E-state index in [0.717, 1.165) is 47.7 Å². The Hall–Kier alpha value is -2.77. The molecule has 1 aliphatic heterocycles. The molecule has 0 spiro atoms. The highest BCUT2D eigenvalue weighted by Gasteiger charge is 2.38. The number of amides is 1. The van der Waals surface area contributed by atoms with Crippen LogP contribution in [0.5, 0.6) is 0 Å². The summed E-state index contributed by atoms with van der Waals surface area (Å²) in [5, 5.41) is 3.45. The molecule has 0 atom stereocenters. The molecule has 3 aromatic rings. The Balaban J connectivity index is 1.48. The number of carbonyl (C=O) groups is 1. The number of hydrogen-bond acceptors (Lipinski definition) is 6. The number of nitrogens with zero attached hydrogens (tertiary/aromatic N) is 4. The van der Waals surface area contributed by atoms with Crippen LogP contribution in [-0.2, 0) is 4.79 Å². The van der Waals surface area contributed by atoms with E-state index in [1.54, 1.807) is 12.4 Å². The largest absolute Gasteiger partial charge is 0.283 e. The zero-order chi connectivity index (χ0) is 21.0. The third-order valence-corrected chi connectivity index (χ3v) is 7.25. The van der Waals surface area contributed by atoms with Crippen LogP contribution in [0.3, 0.4) is 0 Å². The van der Waals surface area contributed by atoms with Crippen molar-refractivity contribution in [2.75, 3.05) is 0 Å². The van der Waals surface area contributed by atoms with Crippen molar-refractivity contribution in [2.24, 2.45) is 4.99 Å². The Bertz CT molecular complexity index is 1120. The minimum atomic E-state index is 0.0484. The Labute approximate surface area is 190 Å². The highest BCUT2D eigenvalue weighted by atomic mass is 32.2. The maximum Gasteiger partial charge on any atom is 0.267 e. The molecule has 156 valence electrons. The van der Waals surface area contributed by atoms with Crippen molar-refractivity contribution >= 4 is 45.4 Å². The lowest BCUT2D eigenvalue weighted by Crippen LogP contribution is -2.40. The minimum Gasteiger partial charge on any atom is -0.283 e. The molecule has 0 radical (unpaired) electrons. The predicted molar refractivity (Wildman–Crippen MR) is 128 cm³/mol. The summed E-state index contributed by atoms with van der Waals surface area (Å²) in [6.45, 7) is 0. The molecule has 1 aliphatic carbocycles. The van der Waals surface area contributed by atoms with Gasteiger partial charge in [0.25, 0.3) is 5.91 Å². The average molecular weight is 447 g/mol. The number of aromatic nitrogens is 2. The maximum absolute atomic E-state index is 13.4. The van der Waals surface area contributed by atoms with Gasteiger partial charge in [-0.2, -0.15) is 4.99 Å². The molecule has 2 fully saturated rings. The Morgan fingerprint density at radius 3 is 2.58 bits per heavy atom. The highest BCUT2D eigenvalue weighted by Crippen LogP contribution is 2.39. The monoisotopic (exact) mass is 446 g/mol. The van der Waals surface area contributed by atoms with Crippen molar-refractivity contribution in [3.8, 4) is 11.3 Å². The van der Waals surface area contributed by atoms with Gasteiger partial charge in [0.2, 0.25) is 5.13 Å². The van der Waals surface area contributed by atoms with Crippen molar-refractivity contribution in [2.45, 2.75) is 38.1 Å². The van der Waals surface area contributed by atoms with E-state index in [0.29, 0.717) is 10.0 Å². The topological polar surface area (TPSA) is 58.5 Å². The highest BCUT2D eigenvalue weighted by molar-refractivity contribution is 8.18. The molecule has 0 unspecified atom stereocenters. The van der Waals surface area contributed by atoms with E-state index >= 15 is 0 Å². The summed E-state index contributed by atoms with van der Waals surface area (Å²) in [5.41, 5.74) is 2.95. The first kappa shape index (κ1) is 20.2. The van der Waals surface area contributed by atoms with Gasteiger partial charge in [-0.25, -0.2) is 4.98 Å². The number of aliphatic imine (C=N–C) groups is 1. The van der Waals surface area contributed by atoms with Crippen LogP contribution in [0.4, 0.5) is 5.13 Å². The fourth-order valence-electron chi connectivity index (χ4n) is 3.98. The summed E-state index contributed by atoms with van der Waals surface area (Å²) in [6.07, 6.45) is 11.0. The molecule has 0 bridgehead atoms. The molecule has 5 nitrogen and oxygen atoms in total. The standard InChI is InChI=1S/C24H22N4OS2/c29-22-21(15-17-11-13-25-14-12-17)31-24(28(22)19-9-5-2-6-10-19)27-23-26-20(16-30-23)18-7-3-1-4-8-18/h1,3-4,7-8,11-16,19H,2,5-6,9-10H2/b21-15-,27-24+. The molecule has 2 aromatic heterocycles. The van der Waals surface area contributed by atoms with E-state index in [1.807, 2.05) is 58.8 Å². The van der Waals surface area contributed by atoms with Crippen molar-refractivity contribution in [1.82, 2.24) is 14.9 Å². The quantitative estimate of drug-likeness (QED) is 0.452. The van der Waals surface area contributed by atoms with Crippen LogP contribution in [0.25, 0.3) is 17.3 Å². The molecule has 5 rings (SSSR count). The number of hydrogen-bond donors (Lipinski definition) is 0. The number of thiazole rings is 1. The molecular weight excluding hydrogens is 424 g/mol. The van der Waals surface area contributed by atoms with E-state index < -0.39 is 0 Å². The van der Waals surface area contributed by atoms with Crippen molar-refractivity contribution in [1.29, 1.82) is 0 Å². The summed E-state index contributed by atoms with van der Waals surface area (Å²) in [7, 11) is 0. The summed E-state index contributed by atoms with van der Waals surface area (Å²) < 4.78 is 0. The van der Waals surface area contributed by atoms with Crippen LogP contribution in [-0.4, -0.2) is 32.0 Å². The number of amidine groups is 1. The second-order valence-electron chi connectivity index (χ2n) is 7.63. The van der Waals surface area contributed by atoms with Crippen LogP contribution >= 0.6 is 23.1 Å². The van der Waals surface area contributed by atoms with Gasteiger partial charge in [0, 0.05) is 29.4 Å². The first-order valence-corrected chi connectivity index (χ1v) is 12.2. The lowest BCUT2D eigenvalue weighted by atomic mass is 9.94. The van der Waals surface area contributed by atoms with Crippen LogP contribution in [0.2, 0.25) is 0 Å². The van der Waals surface area contributed by atoms with E-state index in [1.165, 1.54) is 29.5 Å². The van der Waals surface area contributed by atoms with Crippen molar-refractivity contribution in [3.63, 3.8) is 0 Å². The van der Waals surface area contributed by atoms with Gasteiger partial charge in [-0.05, 0) is 48.4 Å². The van der Waals surface area contributed by atoms with Gasteiger partial charge in [0.05, 0.1) is 10.6 Å². The van der Waals surface area contributed by atoms with Gasteiger partial charge in [0.1, 0.15) is 0 Å². The number of pyridine rings is 1. The smallest absolute Gasteiger partial charge is 0.267 e. The normalized spacial score (nSPS) is 20.1. The lowest BCUT2D eigenvalue weighted by molar-refractivity contribution is -0.124.